The van der Waals surface area contributed by atoms with Crippen molar-refractivity contribution in [2.75, 3.05) is 20.8 Å². The summed E-state index contributed by atoms with van der Waals surface area (Å²) in [4.78, 5) is 0. The largest absolute Gasteiger partial charge is 0.494 e. The van der Waals surface area contributed by atoms with Crippen LogP contribution in [0.25, 0.3) is 0 Å². The molecule has 176 valence electrons. The van der Waals surface area contributed by atoms with E-state index in [1.54, 1.807) is 20.3 Å². The maximum atomic E-state index is 6.57. The normalized spacial score (nSPS) is 18.5. The molecule has 6 nitrogen and oxygen atoms in total. The van der Waals surface area contributed by atoms with Crippen LogP contribution in [-0.2, 0) is 0 Å². The fourth-order valence-electron chi connectivity index (χ4n) is 4.42. The van der Waals surface area contributed by atoms with Gasteiger partial charge in [0.05, 0.1) is 37.6 Å². The molecular formula is C26H24Cl2N2O4. The molecule has 3 aromatic carbocycles. The average Bonchev–Trinajstić information content (AvgIpc) is 3.30. The highest BCUT2D eigenvalue weighted by atomic mass is 35.5. The van der Waals surface area contributed by atoms with Crippen LogP contribution in [0.4, 0.5) is 0 Å². The van der Waals surface area contributed by atoms with E-state index >= 15 is 0 Å². The molecule has 0 saturated carbocycles. The average molecular weight is 499 g/mol. The minimum Gasteiger partial charge on any atom is -0.494 e. The van der Waals surface area contributed by atoms with Crippen molar-refractivity contribution in [3.05, 3.63) is 81.3 Å². The Hall–Kier alpha value is -3.09. The molecule has 2 heterocycles. The van der Waals surface area contributed by atoms with Crippen LogP contribution in [0.15, 0.2) is 59.7 Å². The van der Waals surface area contributed by atoms with E-state index in [0.717, 1.165) is 28.2 Å². The maximum Gasteiger partial charge on any atom is 0.213 e. The summed E-state index contributed by atoms with van der Waals surface area (Å²) in [5.41, 5.74) is 3.72. The van der Waals surface area contributed by atoms with Crippen molar-refractivity contribution in [2.45, 2.75) is 25.6 Å². The Balaban J connectivity index is 1.57. The molecule has 0 N–H and O–H groups in total. The predicted octanol–water partition coefficient (Wildman–Crippen LogP) is 6.65. The van der Waals surface area contributed by atoms with Gasteiger partial charge in [0, 0.05) is 28.1 Å². The molecule has 0 amide bonds. The van der Waals surface area contributed by atoms with Crippen molar-refractivity contribution < 1.29 is 18.9 Å². The summed E-state index contributed by atoms with van der Waals surface area (Å²) in [5, 5.41) is 8.03. The van der Waals surface area contributed by atoms with Gasteiger partial charge in [0.2, 0.25) is 6.23 Å². The number of hydrogen-bond donors (Lipinski definition) is 0. The number of methoxy groups -OCH3 is 2. The third-order valence-electron chi connectivity index (χ3n) is 6.00. The zero-order valence-corrected chi connectivity index (χ0v) is 20.6. The highest BCUT2D eigenvalue weighted by Crippen LogP contribution is 2.51. The number of hydrogen-bond acceptors (Lipinski definition) is 6. The van der Waals surface area contributed by atoms with Crippen molar-refractivity contribution in [1.29, 1.82) is 0 Å². The molecule has 0 spiro atoms. The second-order valence-corrected chi connectivity index (χ2v) is 8.84. The van der Waals surface area contributed by atoms with Crippen molar-refractivity contribution in [3.8, 4) is 23.0 Å². The number of benzene rings is 3. The first-order valence-electron chi connectivity index (χ1n) is 11.0. The van der Waals surface area contributed by atoms with Gasteiger partial charge < -0.3 is 18.9 Å². The lowest BCUT2D eigenvalue weighted by molar-refractivity contribution is -0.0189. The van der Waals surface area contributed by atoms with Crippen molar-refractivity contribution in [2.24, 2.45) is 5.10 Å². The van der Waals surface area contributed by atoms with Crippen LogP contribution in [0.2, 0.25) is 10.0 Å². The van der Waals surface area contributed by atoms with Crippen LogP contribution in [0.1, 0.15) is 42.3 Å². The Morgan fingerprint density at radius 2 is 1.76 bits per heavy atom. The highest BCUT2D eigenvalue weighted by Gasteiger charge is 2.42. The van der Waals surface area contributed by atoms with Gasteiger partial charge in [0.15, 0.2) is 11.5 Å². The van der Waals surface area contributed by atoms with Gasteiger partial charge in [0.25, 0.3) is 0 Å². The van der Waals surface area contributed by atoms with E-state index in [0.29, 0.717) is 40.3 Å². The van der Waals surface area contributed by atoms with E-state index in [2.05, 4.69) is 0 Å². The summed E-state index contributed by atoms with van der Waals surface area (Å²) in [6, 6.07) is 17.2. The van der Waals surface area contributed by atoms with Crippen LogP contribution >= 0.6 is 23.2 Å². The number of halogens is 2. The monoisotopic (exact) mass is 498 g/mol. The summed E-state index contributed by atoms with van der Waals surface area (Å²) in [6.45, 7) is 2.57. The molecule has 2 atom stereocenters. The quantitative estimate of drug-likeness (QED) is 0.380. The van der Waals surface area contributed by atoms with Gasteiger partial charge in [0.1, 0.15) is 11.5 Å². The van der Waals surface area contributed by atoms with Crippen LogP contribution in [-0.4, -0.2) is 31.5 Å². The van der Waals surface area contributed by atoms with Crippen LogP contribution < -0.4 is 18.9 Å². The summed E-state index contributed by atoms with van der Waals surface area (Å²) in [6.07, 6.45) is 0.209. The summed E-state index contributed by atoms with van der Waals surface area (Å²) in [7, 11) is 3.24. The number of fused-ring (bicyclic) bond motifs is 3. The van der Waals surface area contributed by atoms with Gasteiger partial charge in [-0.1, -0.05) is 23.2 Å². The molecule has 2 aliphatic rings. The topological polar surface area (TPSA) is 52.5 Å². The first-order chi connectivity index (χ1) is 16.5. The van der Waals surface area contributed by atoms with Crippen molar-refractivity contribution >= 4 is 28.9 Å². The molecule has 0 aliphatic carbocycles. The maximum absolute atomic E-state index is 6.57. The fraction of sp³-hybridized carbons (Fsp3) is 0.269. The molecular weight excluding hydrogens is 475 g/mol. The van der Waals surface area contributed by atoms with Gasteiger partial charge in [-0.2, -0.15) is 5.10 Å². The van der Waals surface area contributed by atoms with Gasteiger partial charge in [-0.05, 0) is 61.5 Å². The van der Waals surface area contributed by atoms with E-state index in [4.69, 9.17) is 47.3 Å². The molecule has 3 aromatic rings. The number of ether oxygens (including phenoxy) is 4. The Labute approximate surface area is 208 Å². The lowest BCUT2D eigenvalue weighted by Crippen LogP contribution is -2.33. The minimum atomic E-state index is -0.454. The standard InChI is InChI=1S/C26H24Cl2N2O4/c1-4-33-18-8-5-15(6-9-18)26-30-22(19-12-17(27)13-20(28)25(19)34-26)14-21(29-30)16-7-10-23(31-2)24(11-16)32-3/h5-13,22,26H,4,14H2,1-3H3/t22-,26+/m1/s1. The van der Waals surface area contributed by atoms with Crippen molar-refractivity contribution in [3.63, 3.8) is 0 Å². The molecule has 8 heteroatoms. The fourth-order valence-corrected chi connectivity index (χ4v) is 4.97. The zero-order chi connectivity index (χ0) is 23.8. The summed E-state index contributed by atoms with van der Waals surface area (Å²) in [5.74, 6) is 2.76. The number of nitrogens with zero attached hydrogens (tertiary/aromatic N) is 2. The molecule has 0 radical (unpaired) electrons. The summed E-state index contributed by atoms with van der Waals surface area (Å²) >= 11 is 12.9. The molecule has 0 saturated heterocycles. The Morgan fingerprint density at radius 1 is 1.00 bits per heavy atom. The highest BCUT2D eigenvalue weighted by molar-refractivity contribution is 6.35. The van der Waals surface area contributed by atoms with E-state index < -0.39 is 6.23 Å². The van der Waals surface area contributed by atoms with Crippen LogP contribution in [0.3, 0.4) is 0 Å². The smallest absolute Gasteiger partial charge is 0.213 e. The Bertz CT molecular complexity index is 1250. The molecule has 5 rings (SSSR count). The second-order valence-electron chi connectivity index (χ2n) is 7.99. The van der Waals surface area contributed by atoms with Gasteiger partial charge >= 0.3 is 0 Å². The second kappa shape index (κ2) is 9.28. The van der Waals surface area contributed by atoms with Gasteiger partial charge in [-0.25, -0.2) is 5.01 Å². The molecule has 0 unspecified atom stereocenters. The molecule has 2 aliphatic heterocycles. The van der Waals surface area contributed by atoms with Crippen LogP contribution in [0, 0.1) is 0 Å². The molecule has 0 fully saturated rings. The Kier molecular flexibility index (Phi) is 6.19. The third kappa shape index (κ3) is 4.01. The SMILES string of the molecule is CCOc1ccc([C@@H]2Oc3c(Cl)cc(Cl)cc3[C@H]3CC(c4ccc(OC)c(OC)c4)=NN32)cc1. The first-order valence-corrected chi connectivity index (χ1v) is 11.7. The zero-order valence-electron chi connectivity index (χ0n) is 19.0. The number of rotatable bonds is 6. The van der Waals surface area contributed by atoms with E-state index in [1.165, 1.54) is 0 Å². The lowest BCUT2D eigenvalue weighted by Gasteiger charge is -2.38. The van der Waals surface area contributed by atoms with E-state index in [-0.39, 0.29) is 6.04 Å². The molecule has 0 aromatic heterocycles. The summed E-state index contributed by atoms with van der Waals surface area (Å²) < 4.78 is 22.9. The van der Waals surface area contributed by atoms with E-state index in [1.807, 2.05) is 60.5 Å². The Morgan fingerprint density at radius 3 is 2.47 bits per heavy atom. The van der Waals surface area contributed by atoms with Gasteiger partial charge in [-0.3, -0.25) is 0 Å². The van der Waals surface area contributed by atoms with Crippen molar-refractivity contribution in [1.82, 2.24) is 5.01 Å². The minimum absolute atomic E-state index is 0.0837. The van der Waals surface area contributed by atoms with Gasteiger partial charge in [-0.15, -0.1) is 0 Å². The molecule has 34 heavy (non-hydrogen) atoms. The molecule has 0 bridgehead atoms. The lowest BCUT2D eigenvalue weighted by atomic mass is 9.95. The first kappa shape index (κ1) is 22.7. The predicted molar refractivity (Wildman–Crippen MR) is 133 cm³/mol. The number of hydrazone groups is 1. The van der Waals surface area contributed by atoms with Crippen LogP contribution in [0.5, 0.6) is 23.0 Å². The van der Waals surface area contributed by atoms with E-state index in [9.17, 15) is 0 Å². The third-order valence-corrected chi connectivity index (χ3v) is 6.50.